The lowest BCUT2D eigenvalue weighted by molar-refractivity contribution is -0.132. The van der Waals surface area contributed by atoms with Crippen molar-refractivity contribution in [2.45, 2.75) is 24.8 Å². The molecule has 0 aliphatic carbocycles. The van der Waals surface area contributed by atoms with E-state index in [1.807, 2.05) is 18.2 Å². The lowest BCUT2D eigenvalue weighted by Gasteiger charge is -2.30. The molecule has 0 bridgehead atoms. The quantitative estimate of drug-likeness (QED) is 0.824. The van der Waals surface area contributed by atoms with Gasteiger partial charge in [-0.25, -0.2) is 8.42 Å². The van der Waals surface area contributed by atoms with E-state index in [9.17, 15) is 13.2 Å². The number of fused-ring (bicyclic) bond motifs is 1. The summed E-state index contributed by atoms with van der Waals surface area (Å²) >= 11 is 0. The molecule has 3 rings (SSSR count). The summed E-state index contributed by atoms with van der Waals surface area (Å²) in [6.07, 6.45) is 0.805. The van der Waals surface area contributed by atoms with Crippen LogP contribution < -0.4 is 0 Å². The first-order chi connectivity index (χ1) is 12.0. The minimum Gasteiger partial charge on any atom is -0.337 e. The van der Waals surface area contributed by atoms with Gasteiger partial charge < -0.3 is 4.90 Å². The Bertz CT molecular complexity index is 850. The van der Waals surface area contributed by atoms with Gasteiger partial charge in [-0.05, 0) is 29.7 Å². The Morgan fingerprint density at radius 2 is 1.68 bits per heavy atom. The number of sulfonamides is 1. The predicted octanol–water partition coefficient (Wildman–Crippen LogP) is 2.28. The van der Waals surface area contributed by atoms with Gasteiger partial charge in [-0.3, -0.25) is 4.79 Å². The van der Waals surface area contributed by atoms with E-state index in [4.69, 9.17) is 0 Å². The Labute approximate surface area is 148 Å². The van der Waals surface area contributed by atoms with E-state index in [-0.39, 0.29) is 23.9 Å². The van der Waals surface area contributed by atoms with Gasteiger partial charge in [0.05, 0.1) is 11.4 Å². The second kappa shape index (κ2) is 7.37. The number of benzene rings is 2. The number of likely N-dealkylation sites (N-methyl/N-ethyl adjacent to an activating group) is 1. The number of rotatable bonds is 5. The van der Waals surface area contributed by atoms with Crippen molar-refractivity contribution in [3.05, 3.63) is 65.7 Å². The fourth-order valence-corrected chi connectivity index (χ4v) is 4.49. The molecule has 0 spiro atoms. The largest absolute Gasteiger partial charge is 0.337 e. The van der Waals surface area contributed by atoms with Crippen LogP contribution in [0.15, 0.2) is 59.5 Å². The van der Waals surface area contributed by atoms with Gasteiger partial charge in [-0.1, -0.05) is 49.4 Å². The van der Waals surface area contributed by atoms with E-state index < -0.39 is 10.0 Å². The number of hydrogen-bond acceptors (Lipinski definition) is 3. The van der Waals surface area contributed by atoms with Crippen LogP contribution in [0.4, 0.5) is 0 Å². The molecule has 2 aromatic rings. The van der Waals surface area contributed by atoms with Gasteiger partial charge in [-0.15, -0.1) is 0 Å². The zero-order chi connectivity index (χ0) is 17.9. The van der Waals surface area contributed by atoms with E-state index in [2.05, 4.69) is 6.07 Å². The Kier molecular flexibility index (Phi) is 5.20. The van der Waals surface area contributed by atoms with Crippen LogP contribution in [0.5, 0.6) is 0 Å². The van der Waals surface area contributed by atoms with Crippen molar-refractivity contribution in [3.63, 3.8) is 0 Å². The van der Waals surface area contributed by atoms with Crippen LogP contribution in [-0.2, 0) is 27.8 Å². The minimum absolute atomic E-state index is 0.129. The SMILES string of the molecule is CCN(CC(=O)N1CCc2ccccc2C1)S(=O)(=O)c1ccccc1. The van der Waals surface area contributed by atoms with Gasteiger partial charge in [-0.2, -0.15) is 4.31 Å². The third kappa shape index (κ3) is 3.75. The topological polar surface area (TPSA) is 57.7 Å². The smallest absolute Gasteiger partial charge is 0.243 e. The molecule has 0 radical (unpaired) electrons. The molecule has 132 valence electrons. The average molecular weight is 358 g/mol. The van der Waals surface area contributed by atoms with Crippen molar-refractivity contribution >= 4 is 15.9 Å². The molecule has 5 nitrogen and oxygen atoms in total. The van der Waals surface area contributed by atoms with Crippen LogP contribution in [0.1, 0.15) is 18.1 Å². The molecule has 1 aliphatic rings. The molecule has 6 heteroatoms. The van der Waals surface area contributed by atoms with Gasteiger partial charge >= 0.3 is 0 Å². The zero-order valence-corrected chi connectivity index (χ0v) is 15.1. The van der Waals surface area contributed by atoms with Crippen LogP contribution >= 0.6 is 0 Å². The van der Waals surface area contributed by atoms with Gasteiger partial charge in [0.1, 0.15) is 0 Å². The first-order valence-corrected chi connectivity index (χ1v) is 9.86. The highest BCUT2D eigenvalue weighted by atomic mass is 32.2. The molecule has 1 amide bonds. The van der Waals surface area contributed by atoms with Gasteiger partial charge in [0, 0.05) is 19.6 Å². The predicted molar refractivity (Wildman–Crippen MR) is 96.4 cm³/mol. The highest BCUT2D eigenvalue weighted by Crippen LogP contribution is 2.20. The third-order valence-electron chi connectivity index (χ3n) is 4.53. The molecule has 0 atom stereocenters. The van der Waals surface area contributed by atoms with Gasteiger partial charge in [0.2, 0.25) is 15.9 Å². The van der Waals surface area contributed by atoms with Crippen LogP contribution in [0, 0.1) is 0 Å². The average Bonchev–Trinajstić information content (AvgIpc) is 2.66. The van der Waals surface area contributed by atoms with E-state index in [1.54, 1.807) is 42.2 Å². The summed E-state index contributed by atoms with van der Waals surface area (Å²) in [6, 6.07) is 16.3. The fourth-order valence-electron chi connectivity index (χ4n) is 3.07. The molecular formula is C19H22N2O3S. The molecular weight excluding hydrogens is 336 g/mol. The maximum atomic E-state index is 12.7. The van der Waals surface area contributed by atoms with E-state index in [1.165, 1.54) is 9.87 Å². The lowest BCUT2D eigenvalue weighted by atomic mass is 10.00. The summed E-state index contributed by atoms with van der Waals surface area (Å²) < 4.78 is 26.7. The number of amides is 1. The Balaban J connectivity index is 1.73. The van der Waals surface area contributed by atoms with Crippen molar-refractivity contribution in [3.8, 4) is 0 Å². The summed E-state index contributed by atoms with van der Waals surface area (Å²) in [5.74, 6) is -0.157. The standard InChI is InChI=1S/C19H22N2O3S/c1-2-21(25(23,24)18-10-4-3-5-11-18)15-19(22)20-13-12-16-8-6-7-9-17(16)14-20/h3-11H,2,12-15H2,1H3. The highest BCUT2D eigenvalue weighted by molar-refractivity contribution is 7.89. The molecule has 1 aliphatic heterocycles. The number of carbonyl (C=O) groups is 1. The van der Waals surface area contributed by atoms with Gasteiger partial charge in [0.25, 0.3) is 0 Å². The lowest BCUT2D eigenvalue weighted by Crippen LogP contribution is -2.44. The van der Waals surface area contributed by atoms with E-state index in [0.717, 1.165) is 12.0 Å². The van der Waals surface area contributed by atoms with Crippen molar-refractivity contribution in [1.29, 1.82) is 0 Å². The Hall–Kier alpha value is -2.18. The van der Waals surface area contributed by atoms with Crippen LogP contribution in [0.3, 0.4) is 0 Å². The van der Waals surface area contributed by atoms with Crippen LogP contribution in [0.2, 0.25) is 0 Å². The molecule has 0 fully saturated rings. The van der Waals surface area contributed by atoms with Crippen molar-refractivity contribution < 1.29 is 13.2 Å². The first-order valence-electron chi connectivity index (χ1n) is 8.42. The summed E-state index contributed by atoms with van der Waals surface area (Å²) in [6.45, 7) is 3.04. The van der Waals surface area contributed by atoms with Crippen molar-refractivity contribution in [1.82, 2.24) is 9.21 Å². The second-order valence-corrected chi connectivity index (χ2v) is 8.02. The second-order valence-electron chi connectivity index (χ2n) is 6.08. The molecule has 0 aromatic heterocycles. The Morgan fingerprint density at radius 3 is 2.36 bits per heavy atom. The number of nitrogens with zero attached hydrogens (tertiary/aromatic N) is 2. The summed E-state index contributed by atoms with van der Waals surface area (Å²) in [5, 5.41) is 0. The van der Waals surface area contributed by atoms with E-state index in [0.29, 0.717) is 13.1 Å². The normalized spacial score (nSPS) is 14.4. The molecule has 25 heavy (non-hydrogen) atoms. The Morgan fingerprint density at radius 1 is 1.04 bits per heavy atom. The molecule has 1 heterocycles. The summed E-state index contributed by atoms with van der Waals surface area (Å²) in [7, 11) is -3.66. The fraction of sp³-hybridized carbons (Fsp3) is 0.316. The van der Waals surface area contributed by atoms with Crippen molar-refractivity contribution in [2.24, 2.45) is 0 Å². The number of carbonyl (C=O) groups excluding carboxylic acids is 1. The monoisotopic (exact) mass is 358 g/mol. The summed E-state index contributed by atoms with van der Waals surface area (Å²) in [5.41, 5.74) is 2.40. The van der Waals surface area contributed by atoms with Crippen LogP contribution in [0.25, 0.3) is 0 Å². The molecule has 0 unspecified atom stereocenters. The van der Waals surface area contributed by atoms with Crippen LogP contribution in [-0.4, -0.2) is 43.2 Å². The maximum absolute atomic E-state index is 12.7. The van der Waals surface area contributed by atoms with Gasteiger partial charge in [0.15, 0.2) is 0 Å². The first kappa shape index (κ1) is 17.6. The summed E-state index contributed by atoms with van der Waals surface area (Å²) in [4.78, 5) is 14.6. The third-order valence-corrected chi connectivity index (χ3v) is 6.46. The van der Waals surface area contributed by atoms with E-state index >= 15 is 0 Å². The minimum atomic E-state index is -3.66. The highest BCUT2D eigenvalue weighted by Gasteiger charge is 2.28. The molecule has 0 N–H and O–H groups in total. The molecule has 0 saturated heterocycles. The maximum Gasteiger partial charge on any atom is 0.243 e. The molecule has 0 saturated carbocycles. The zero-order valence-electron chi connectivity index (χ0n) is 14.3. The molecule has 2 aromatic carbocycles. The number of hydrogen-bond donors (Lipinski definition) is 0. The van der Waals surface area contributed by atoms with Crippen molar-refractivity contribution in [2.75, 3.05) is 19.6 Å².